The van der Waals surface area contributed by atoms with E-state index in [1.807, 2.05) is 30.3 Å². The summed E-state index contributed by atoms with van der Waals surface area (Å²) in [5.41, 5.74) is 2.49. The number of carbonyl (C=O) groups excluding carboxylic acids is 1. The molecule has 0 fully saturated rings. The molecule has 2 rings (SSSR count). The summed E-state index contributed by atoms with van der Waals surface area (Å²) in [4.78, 5) is 11.9. The molecule has 0 saturated heterocycles. The molecule has 0 aromatic heterocycles. The second-order valence-corrected chi connectivity index (χ2v) is 4.60. The SMILES string of the molecule is C=C(CNC(=O)c1ccc(Cl)cc1)c1ccccc1. The molecule has 0 radical (unpaired) electrons. The van der Waals surface area contributed by atoms with Crippen LogP contribution in [0.2, 0.25) is 5.02 Å². The van der Waals surface area contributed by atoms with E-state index in [-0.39, 0.29) is 5.91 Å². The van der Waals surface area contributed by atoms with Crippen molar-refractivity contribution in [1.29, 1.82) is 0 Å². The Labute approximate surface area is 117 Å². The highest BCUT2D eigenvalue weighted by molar-refractivity contribution is 6.30. The van der Waals surface area contributed by atoms with Crippen molar-refractivity contribution in [1.82, 2.24) is 5.32 Å². The van der Waals surface area contributed by atoms with Crippen LogP contribution < -0.4 is 5.32 Å². The van der Waals surface area contributed by atoms with Gasteiger partial charge in [-0.1, -0.05) is 48.5 Å². The zero-order valence-electron chi connectivity index (χ0n) is 10.4. The van der Waals surface area contributed by atoms with Crippen LogP contribution in [0, 0.1) is 0 Å². The summed E-state index contributed by atoms with van der Waals surface area (Å²) in [6.45, 7) is 4.39. The highest BCUT2D eigenvalue weighted by Crippen LogP contribution is 2.12. The van der Waals surface area contributed by atoms with Gasteiger partial charge in [0.2, 0.25) is 0 Å². The Bertz CT molecular complexity index is 575. The number of carbonyl (C=O) groups is 1. The monoisotopic (exact) mass is 271 g/mol. The van der Waals surface area contributed by atoms with Crippen molar-refractivity contribution in [3.05, 3.63) is 77.3 Å². The molecule has 0 aliphatic rings. The third-order valence-electron chi connectivity index (χ3n) is 2.75. The number of amides is 1. The van der Waals surface area contributed by atoms with Crippen LogP contribution in [0.25, 0.3) is 5.57 Å². The predicted molar refractivity (Wildman–Crippen MR) is 79.3 cm³/mol. The fourth-order valence-corrected chi connectivity index (χ4v) is 1.79. The molecule has 3 heteroatoms. The summed E-state index contributed by atoms with van der Waals surface area (Å²) in [6.07, 6.45) is 0. The molecule has 1 amide bonds. The van der Waals surface area contributed by atoms with E-state index in [4.69, 9.17) is 11.6 Å². The Morgan fingerprint density at radius 1 is 1.00 bits per heavy atom. The average Bonchev–Trinajstić information content (AvgIpc) is 2.46. The molecule has 0 aliphatic heterocycles. The molecular weight excluding hydrogens is 258 g/mol. The quantitative estimate of drug-likeness (QED) is 0.901. The van der Waals surface area contributed by atoms with Gasteiger partial charge in [0.15, 0.2) is 0 Å². The smallest absolute Gasteiger partial charge is 0.251 e. The second-order valence-electron chi connectivity index (χ2n) is 4.16. The Hall–Kier alpha value is -2.06. The molecule has 19 heavy (non-hydrogen) atoms. The Morgan fingerprint density at radius 3 is 2.26 bits per heavy atom. The minimum atomic E-state index is -0.131. The van der Waals surface area contributed by atoms with Gasteiger partial charge in [-0.15, -0.1) is 0 Å². The topological polar surface area (TPSA) is 29.1 Å². The van der Waals surface area contributed by atoms with Crippen molar-refractivity contribution < 1.29 is 4.79 Å². The lowest BCUT2D eigenvalue weighted by molar-refractivity contribution is 0.0958. The van der Waals surface area contributed by atoms with Crippen molar-refractivity contribution in [2.24, 2.45) is 0 Å². The molecule has 0 bridgehead atoms. The van der Waals surface area contributed by atoms with Gasteiger partial charge in [0, 0.05) is 17.1 Å². The minimum absolute atomic E-state index is 0.131. The molecule has 96 valence electrons. The van der Waals surface area contributed by atoms with Crippen molar-refractivity contribution in [2.45, 2.75) is 0 Å². The first-order valence-corrected chi connectivity index (χ1v) is 6.31. The number of nitrogens with one attached hydrogen (secondary N) is 1. The van der Waals surface area contributed by atoms with E-state index in [0.717, 1.165) is 11.1 Å². The fourth-order valence-electron chi connectivity index (χ4n) is 1.67. The van der Waals surface area contributed by atoms with Crippen molar-refractivity contribution >= 4 is 23.1 Å². The van der Waals surface area contributed by atoms with Crippen LogP contribution in [0.1, 0.15) is 15.9 Å². The normalized spacial score (nSPS) is 9.95. The number of rotatable bonds is 4. The molecule has 0 heterocycles. The highest BCUT2D eigenvalue weighted by Gasteiger charge is 2.05. The molecule has 0 atom stereocenters. The summed E-state index contributed by atoms with van der Waals surface area (Å²) in [5.74, 6) is -0.131. The highest BCUT2D eigenvalue weighted by atomic mass is 35.5. The maximum atomic E-state index is 11.9. The van der Waals surface area contributed by atoms with Crippen LogP contribution >= 0.6 is 11.6 Å². The van der Waals surface area contributed by atoms with Crippen molar-refractivity contribution in [2.75, 3.05) is 6.54 Å². The van der Waals surface area contributed by atoms with E-state index in [1.54, 1.807) is 24.3 Å². The number of halogens is 1. The molecule has 2 aromatic carbocycles. The van der Waals surface area contributed by atoms with Gasteiger partial charge in [0.25, 0.3) is 5.91 Å². The zero-order chi connectivity index (χ0) is 13.7. The molecule has 1 N–H and O–H groups in total. The number of hydrogen-bond donors (Lipinski definition) is 1. The van der Waals surface area contributed by atoms with E-state index in [9.17, 15) is 4.79 Å². The van der Waals surface area contributed by atoms with Crippen LogP contribution in [0.15, 0.2) is 61.2 Å². The van der Waals surface area contributed by atoms with Crippen LogP contribution in [-0.2, 0) is 0 Å². The number of hydrogen-bond acceptors (Lipinski definition) is 1. The van der Waals surface area contributed by atoms with Gasteiger partial charge < -0.3 is 5.32 Å². The molecule has 0 spiro atoms. The van der Waals surface area contributed by atoms with Gasteiger partial charge in [-0.25, -0.2) is 0 Å². The van der Waals surface area contributed by atoms with Crippen LogP contribution in [-0.4, -0.2) is 12.5 Å². The Kier molecular flexibility index (Phi) is 4.37. The molecule has 0 unspecified atom stereocenters. The molecular formula is C16H14ClNO. The van der Waals surface area contributed by atoms with Gasteiger partial charge in [-0.2, -0.15) is 0 Å². The first kappa shape index (κ1) is 13.4. The van der Waals surface area contributed by atoms with Crippen molar-refractivity contribution in [3.8, 4) is 0 Å². The third-order valence-corrected chi connectivity index (χ3v) is 3.00. The van der Waals surface area contributed by atoms with Gasteiger partial charge in [-0.3, -0.25) is 4.79 Å². The maximum Gasteiger partial charge on any atom is 0.251 e. The van der Waals surface area contributed by atoms with E-state index < -0.39 is 0 Å². The lowest BCUT2D eigenvalue weighted by atomic mass is 10.1. The molecule has 0 saturated carbocycles. The molecule has 2 nitrogen and oxygen atoms in total. The van der Waals surface area contributed by atoms with E-state index in [0.29, 0.717) is 17.1 Å². The lowest BCUT2D eigenvalue weighted by Gasteiger charge is -2.08. The van der Waals surface area contributed by atoms with E-state index in [2.05, 4.69) is 11.9 Å². The summed E-state index contributed by atoms with van der Waals surface area (Å²) in [6, 6.07) is 16.6. The summed E-state index contributed by atoms with van der Waals surface area (Å²) >= 11 is 5.78. The first-order chi connectivity index (χ1) is 9.16. The Balaban J connectivity index is 1.94. The lowest BCUT2D eigenvalue weighted by Crippen LogP contribution is -2.24. The predicted octanol–water partition coefficient (Wildman–Crippen LogP) is 3.78. The average molecular weight is 272 g/mol. The summed E-state index contributed by atoms with van der Waals surface area (Å²) in [5, 5.41) is 3.45. The minimum Gasteiger partial charge on any atom is -0.348 e. The Morgan fingerprint density at radius 2 is 1.63 bits per heavy atom. The summed E-state index contributed by atoms with van der Waals surface area (Å²) in [7, 11) is 0. The summed E-state index contributed by atoms with van der Waals surface area (Å²) < 4.78 is 0. The van der Waals surface area contributed by atoms with Gasteiger partial charge in [-0.05, 0) is 35.4 Å². The molecule has 2 aromatic rings. The van der Waals surface area contributed by atoms with Gasteiger partial charge in [0.05, 0.1) is 0 Å². The van der Waals surface area contributed by atoms with Crippen LogP contribution in [0.3, 0.4) is 0 Å². The first-order valence-electron chi connectivity index (χ1n) is 5.94. The number of benzene rings is 2. The van der Waals surface area contributed by atoms with E-state index in [1.165, 1.54) is 0 Å². The maximum absolute atomic E-state index is 11.9. The largest absolute Gasteiger partial charge is 0.348 e. The van der Waals surface area contributed by atoms with Crippen molar-refractivity contribution in [3.63, 3.8) is 0 Å². The molecule has 0 aliphatic carbocycles. The zero-order valence-corrected chi connectivity index (χ0v) is 11.2. The second kappa shape index (κ2) is 6.21. The van der Waals surface area contributed by atoms with Gasteiger partial charge >= 0.3 is 0 Å². The van der Waals surface area contributed by atoms with Crippen LogP contribution in [0.4, 0.5) is 0 Å². The van der Waals surface area contributed by atoms with Gasteiger partial charge in [0.1, 0.15) is 0 Å². The standard InChI is InChI=1S/C16H14ClNO/c1-12(13-5-3-2-4-6-13)11-18-16(19)14-7-9-15(17)10-8-14/h2-10H,1,11H2,(H,18,19). The fraction of sp³-hybridized carbons (Fsp3) is 0.0625. The van der Waals surface area contributed by atoms with Crippen LogP contribution in [0.5, 0.6) is 0 Å². The third kappa shape index (κ3) is 3.70. The van der Waals surface area contributed by atoms with E-state index >= 15 is 0 Å².